The van der Waals surface area contributed by atoms with Gasteiger partial charge in [-0.3, -0.25) is 9.69 Å². The first-order valence-electron chi connectivity index (χ1n) is 10.3. The molecule has 2 N–H and O–H groups in total. The van der Waals surface area contributed by atoms with Crippen molar-refractivity contribution in [3.63, 3.8) is 0 Å². The van der Waals surface area contributed by atoms with Crippen molar-refractivity contribution in [3.05, 3.63) is 35.9 Å². The van der Waals surface area contributed by atoms with E-state index in [2.05, 4.69) is 48.3 Å². The van der Waals surface area contributed by atoms with E-state index in [1.165, 1.54) is 5.56 Å². The van der Waals surface area contributed by atoms with Gasteiger partial charge in [0.1, 0.15) is 0 Å². The molecular weight excluding hydrogens is 354 g/mol. The third-order valence-corrected chi connectivity index (χ3v) is 6.15. The van der Waals surface area contributed by atoms with E-state index in [4.69, 9.17) is 0 Å². The zero-order valence-electron chi connectivity index (χ0n) is 17.2. The van der Waals surface area contributed by atoms with Gasteiger partial charge in [-0.1, -0.05) is 51.1 Å². The third kappa shape index (κ3) is 5.04. The minimum atomic E-state index is -0.807. The van der Waals surface area contributed by atoms with Gasteiger partial charge >= 0.3 is 12.0 Å². The highest BCUT2D eigenvalue weighted by Crippen LogP contribution is 2.31. The van der Waals surface area contributed by atoms with Crippen LogP contribution < -0.4 is 5.32 Å². The molecule has 2 aliphatic rings. The van der Waals surface area contributed by atoms with E-state index in [9.17, 15) is 14.7 Å². The Labute approximate surface area is 167 Å². The maximum Gasteiger partial charge on any atom is 0.317 e. The standard InChI is InChI=1S/C22H33N3O3/c1-16-11-18(20(26)27)14-25(12-16)21(28)23-19-9-10-24(15-22(19,2)3)13-17-7-5-4-6-8-17/h4-8,16,18-19H,9-15H2,1-3H3,(H,23,28)(H,26,27). The molecule has 0 spiro atoms. The van der Waals surface area contributed by atoms with Crippen LogP contribution in [0.4, 0.5) is 4.79 Å². The number of urea groups is 1. The molecule has 2 saturated heterocycles. The van der Waals surface area contributed by atoms with Crippen LogP contribution in [0, 0.1) is 17.3 Å². The Morgan fingerprint density at radius 2 is 1.93 bits per heavy atom. The average molecular weight is 388 g/mol. The van der Waals surface area contributed by atoms with Crippen molar-refractivity contribution < 1.29 is 14.7 Å². The SMILES string of the molecule is CC1CC(C(=O)O)CN(C(=O)NC2CCN(Cc3ccccc3)CC2(C)C)C1. The van der Waals surface area contributed by atoms with Crippen molar-refractivity contribution in [2.45, 2.75) is 46.2 Å². The van der Waals surface area contributed by atoms with Gasteiger partial charge < -0.3 is 15.3 Å². The first-order chi connectivity index (χ1) is 13.2. The molecule has 0 radical (unpaired) electrons. The van der Waals surface area contributed by atoms with Gasteiger partial charge in [-0.25, -0.2) is 4.79 Å². The molecular formula is C22H33N3O3. The largest absolute Gasteiger partial charge is 0.481 e. The molecule has 1 aromatic rings. The number of carboxylic acid groups (broad SMARTS) is 1. The Hall–Kier alpha value is -2.08. The molecule has 3 atom stereocenters. The molecule has 1 aromatic carbocycles. The molecule has 3 unspecified atom stereocenters. The van der Waals surface area contributed by atoms with Crippen molar-refractivity contribution in [1.82, 2.24) is 15.1 Å². The second-order valence-electron chi connectivity index (χ2n) is 9.26. The van der Waals surface area contributed by atoms with E-state index in [0.717, 1.165) is 26.1 Å². The normalized spacial score (nSPS) is 28.0. The summed E-state index contributed by atoms with van der Waals surface area (Å²) in [6.07, 6.45) is 1.54. The van der Waals surface area contributed by atoms with Crippen molar-refractivity contribution in [1.29, 1.82) is 0 Å². The zero-order valence-corrected chi connectivity index (χ0v) is 17.2. The summed E-state index contributed by atoms with van der Waals surface area (Å²) >= 11 is 0. The van der Waals surface area contributed by atoms with Gasteiger partial charge in [0.15, 0.2) is 0 Å². The molecule has 6 nitrogen and oxygen atoms in total. The molecule has 6 heteroatoms. The van der Waals surface area contributed by atoms with E-state index in [1.54, 1.807) is 4.90 Å². The van der Waals surface area contributed by atoms with Crippen LogP contribution in [0.5, 0.6) is 0 Å². The molecule has 2 fully saturated rings. The number of rotatable bonds is 4. The van der Waals surface area contributed by atoms with Gasteiger partial charge in [0.2, 0.25) is 0 Å². The third-order valence-electron chi connectivity index (χ3n) is 6.15. The van der Waals surface area contributed by atoms with E-state index < -0.39 is 11.9 Å². The van der Waals surface area contributed by atoms with Crippen molar-refractivity contribution in [3.8, 4) is 0 Å². The summed E-state index contributed by atoms with van der Waals surface area (Å²) in [4.78, 5) is 28.4. The van der Waals surface area contributed by atoms with Crippen LogP contribution in [0.2, 0.25) is 0 Å². The van der Waals surface area contributed by atoms with Crippen LogP contribution in [-0.4, -0.2) is 59.1 Å². The lowest BCUT2D eigenvalue weighted by atomic mass is 9.79. The molecule has 0 aliphatic carbocycles. The predicted octanol–water partition coefficient (Wildman–Crippen LogP) is 3.04. The Bertz CT molecular complexity index is 692. The minimum Gasteiger partial charge on any atom is -0.481 e. The molecule has 154 valence electrons. The van der Waals surface area contributed by atoms with E-state index in [-0.39, 0.29) is 23.4 Å². The first-order valence-corrected chi connectivity index (χ1v) is 10.3. The summed E-state index contributed by atoms with van der Waals surface area (Å²) in [6, 6.07) is 10.4. The summed E-state index contributed by atoms with van der Waals surface area (Å²) in [5.41, 5.74) is 1.26. The quantitative estimate of drug-likeness (QED) is 0.833. The second kappa shape index (κ2) is 8.52. The van der Waals surface area contributed by atoms with Gasteiger partial charge in [0.05, 0.1) is 5.92 Å². The molecule has 28 heavy (non-hydrogen) atoms. The fraction of sp³-hybridized carbons (Fsp3) is 0.636. The van der Waals surface area contributed by atoms with E-state index >= 15 is 0 Å². The summed E-state index contributed by atoms with van der Waals surface area (Å²) in [6.45, 7) is 10.1. The summed E-state index contributed by atoms with van der Waals surface area (Å²) < 4.78 is 0. The lowest BCUT2D eigenvalue weighted by Crippen LogP contribution is -2.59. The topological polar surface area (TPSA) is 72.9 Å². The number of amides is 2. The average Bonchev–Trinajstić information content (AvgIpc) is 2.63. The second-order valence-corrected chi connectivity index (χ2v) is 9.26. The van der Waals surface area contributed by atoms with Gasteiger partial charge in [-0.2, -0.15) is 0 Å². The van der Waals surface area contributed by atoms with E-state index in [1.807, 2.05) is 13.0 Å². The fourth-order valence-corrected chi connectivity index (χ4v) is 4.65. The molecule has 2 amide bonds. The number of hydrogen-bond acceptors (Lipinski definition) is 3. The van der Waals surface area contributed by atoms with Gasteiger partial charge in [-0.05, 0) is 29.7 Å². The molecule has 3 rings (SSSR count). The molecule has 0 bridgehead atoms. The number of hydrogen-bond donors (Lipinski definition) is 2. The maximum atomic E-state index is 12.8. The van der Waals surface area contributed by atoms with Crippen molar-refractivity contribution in [2.24, 2.45) is 17.3 Å². The first kappa shape index (κ1) is 20.6. The highest BCUT2D eigenvalue weighted by molar-refractivity contribution is 5.77. The van der Waals surface area contributed by atoms with Crippen LogP contribution in [0.25, 0.3) is 0 Å². The number of carbonyl (C=O) groups excluding carboxylic acids is 1. The highest BCUT2D eigenvalue weighted by atomic mass is 16.4. The fourth-order valence-electron chi connectivity index (χ4n) is 4.65. The number of likely N-dealkylation sites (tertiary alicyclic amines) is 2. The zero-order chi connectivity index (χ0) is 20.3. The summed E-state index contributed by atoms with van der Waals surface area (Å²) in [5, 5.41) is 12.6. The number of piperidine rings is 2. The number of nitrogens with one attached hydrogen (secondary N) is 1. The number of carboxylic acids is 1. The number of nitrogens with zero attached hydrogens (tertiary/aromatic N) is 2. The van der Waals surface area contributed by atoms with Gasteiger partial charge in [0, 0.05) is 38.8 Å². The molecule has 0 saturated carbocycles. The lowest BCUT2D eigenvalue weighted by molar-refractivity contribution is -0.143. The number of aliphatic carboxylic acids is 1. The predicted molar refractivity (Wildman–Crippen MR) is 109 cm³/mol. The summed E-state index contributed by atoms with van der Waals surface area (Å²) in [7, 11) is 0. The van der Waals surface area contributed by atoms with Crippen molar-refractivity contribution >= 4 is 12.0 Å². The smallest absolute Gasteiger partial charge is 0.317 e. The van der Waals surface area contributed by atoms with Gasteiger partial charge in [0.25, 0.3) is 0 Å². The Morgan fingerprint density at radius 3 is 2.57 bits per heavy atom. The Kier molecular flexibility index (Phi) is 6.28. The van der Waals surface area contributed by atoms with Crippen LogP contribution in [0.15, 0.2) is 30.3 Å². The van der Waals surface area contributed by atoms with Crippen LogP contribution >= 0.6 is 0 Å². The Morgan fingerprint density at radius 1 is 1.21 bits per heavy atom. The van der Waals surface area contributed by atoms with E-state index in [0.29, 0.717) is 19.5 Å². The summed E-state index contributed by atoms with van der Waals surface area (Å²) in [5.74, 6) is -1.06. The lowest BCUT2D eigenvalue weighted by Gasteiger charge is -2.45. The number of benzene rings is 1. The Balaban J connectivity index is 1.57. The van der Waals surface area contributed by atoms with Crippen molar-refractivity contribution in [2.75, 3.05) is 26.2 Å². The molecule has 2 heterocycles. The number of carbonyl (C=O) groups is 2. The van der Waals surface area contributed by atoms with Crippen LogP contribution in [0.3, 0.4) is 0 Å². The maximum absolute atomic E-state index is 12.8. The van der Waals surface area contributed by atoms with Crippen LogP contribution in [0.1, 0.15) is 39.2 Å². The molecule has 0 aromatic heterocycles. The van der Waals surface area contributed by atoms with Crippen LogP contribution in [-0.2, 0) is 11.3 Å². The molecule has 2 aliphatic heterocycles. The monoisotopic (exact) mass is 387 g/mol. The minimum absolute atomic E-state index is 0.0453. The van der Waals surface area contributed by atoms with Gasteiger partial charge in [-0.15, -0.1) is 0 Å². The highest BCUT2D eigenvalue weighted by Gasteiger charge is 2.39.